The molecule has 1 aliphatic rings. The monoisotopic (exact) mass is 420 g/mol. The highest BCUT2D eigenvalue weighted by molar-refractivity contribution is 6.35. The molecule has 1 aliphatic heterocycles. The van der Waals surface area contributed by atoms with E-state index in [1.54, 1.807) is 24.4 Å². The molecule has 1 aromatic carbocycles. The Morgan fingerprint density at radius 3 is 2.83 bits per heavy atom. The molecule has 4 aromatic rings. The van der Waals surface area contributed by atoms with E-state index in [2.05, 4.69) is 22.1 Å². The average Bonchev–Trinajstić information content (AvgIpc) is 2.74. The van der Waals surface area contributed by atoms with Gasteiger partial charge in [-0.05, 0) is 43.7 Å². The number of hydrogen-bond acceptors (Lipinski definition) is 6. The van der Waals surface area contributed by atoms with Crippen molar-refractivity contribution >= 4 is 39.5 Å². The zero-order valence-corrected chi connectivity index (χ0v) is 17.5. The first-order valence-electron chi connectivity index (χ1n) is 9.98. The molecule has 0 unspecified atom stereocenters. The van der Waals surface area contributed by atoms with Crippen molar-refractivity contribution in [1.29, 1.82) is 0 Å². The average molecular weight is 421 g/mol. The molecule has 1 saturated heterocycles. The molecule has 0 spiro atoms. The van der Waals surface area contributed by atoms with E-state index in [0.29, 0.717) is 27.6 Å². The summed E-state index contributed by atoms with van der Waals surface area (Å²) in [4.78, 5) is 24.4. The maximum Gasteiger partial charge on any atom is 0.220 e. The van der Waals surface area contributed by atoms with E-state index in [1.807, 2.05) is 25.3 Å². The Kier molecular flexibility index (Phi) is 4.68. The van der Waals surface area contributed by atoms with E-state index in [-0.39, 0.29) is 10.9 Å². The van der Waals surface area contributed by atoms with Crippen LogP contribution in [0.3, 0.4) is 0 Å². The molecule has 0 radical (unpaired) electrons. The van der Waals surface area contributed by atoms with Gasteiger partial charge >= 0.3 is 0 Å². The maximum atomic E-state index is 13.1. The summed E-state index contributed by atoms with van der Waals surface area (Å²) < 4.78 is 6.14. The zero-order chi connectivity index (χ0) is 20.8. The van der Waals surface area contributed by atoms with Gasteiger partial charge < -0.3 is 14.6 Å². The van der Waals surface area contributed by atoms with Crippen molar-refractivity contribution in [3.63, 3.8) is 0 Å². The molecule has 0 bridgehead atoms. The third-order valence-corrected chi connectivity index (χ3v) is 5.90. The van der Waals surface area contributed by atoms with Crippen molar-refractivity contribution < 1.29 is 4.42 Å². The lowest BCUT2D eigenvalue weighted by molar-refractivity contribution is 0.482. The molecule has 0 amide bonds. The van der Waals surface area contributed by atoms with Crippen LogP contribution in [0.2, 0.25) is 5.02 Å². The number of benzene rings is 1. The Hall–Kier alpha value is -2.96. The van der Waals surface area contributed by atoms with E-state index >= 15 is 0 Å². The number of nitrogens with zero attached hydrogens (tertiary/aromatic N) is 3. The number of nitrogens with one attached hydrogen (secondary N) is 1. The molecular weight excluding hydrogens is 400 g/mol. The van der Waals surface area contributed by atoms with Crippen LogP contribution in [0.1, 0.15) is 12.5 Å². The predicted molar refractivity (Wildman–Crippen MR) is 120 cm³/mol. The van der Waals surface area contributed by atoms with Crippen LogP contribution in [-0.4, -0.2) is 35.6 Å². The molecule has 6 nitrogen and oxygen atoms in total. The smallest absolute Gasteiger partial charge is 0.220 e. The molecule has 1 N–H and O–H groups in total. The number of halogens is 1. The number of aromatic nitrogens is 2. The predicted octanol–water partition coefficient (Wildman–Crippen LogP) is 4.16. The van der Waals surface area contributed by atoms with Gasteiger partial charge in [0.05, 0.1) is 10.4 Å². The Bertz CT molecular complexity index is 1320. The molecule has 30 heavy (non-hydrogen) atoms. The topological polar surface area (TPSA) is 71.3 Å². The van der Waals surface area contributed by atoms with E-state index in [1.165, 1.54) is 0 Å². The lowest BCUT2D eigenvalue weighted by Gasteiger charge is -2.32. The minimum absolute atomic E-state index is 0.225. The summed E-state index contributed by atoms with van der Waals surface area (Å²) in [6.45, 7) is 6.92. The standard InChI is InChI=1S/C23H21ClN4O2/c1-13-10-27-21-22(29)20-16(24)4-3-5-17(20)30-23(21)19(13)15-6-7-18(26-11-15)28-9-8-25-14(2)12-28/h3-7,10-11,14,25H,8-9,12H2,1-2H3/t14-/m0/s1. The first-order valence-corrected chi connectivity index (χ1v) is 10.4. The minimum Gasteiger partial charge on any atom is -0.453 e. The summed E-state index contributed by atoms with van der Waals surface area (Å²) >= 11 is 6.25. The molecule has 7 heteroatoms. The fraction of sp³-hybridized carbons (Fsp3) is 0.261. The fourth-order valence-electron chi connectivity index (χ4n) is 4.10. The van der Waals surface area contributed by atoms with Crippen LogP contribution in [0.4, 0.5) is 5.82 Å². The van der Waals surface area contributed by atoms with Crippen LogP contribution in [0, 0.1) is 6.92 Å². The summed E-state index contributed by atoms with van der Waals surface area (Å²) in [5.74, 6) is 0.946. The van der Waals surface area contributed by atoms with E-state index in [4.69, 9.17) is 21.0 Å². The Morgan fingerprint density at radius 2 is 2.07 bits per heavy atom. The van der Waals surface area contributed by atoms with Gasteiger partial charge in [-0.15, -0.1) is 0 Å². The van der Waals surface area contributed by atoms with Gasteiger partial charge in [-0.25, -0.2) is 9.97 Å². The number of hydrogen-bond donors (Lipinski definition) is 1. The fourth-order valence-corrected chi connectivity index (χ4v) is 4.35. The molecule has 1 atom stereocenters. The number of rotatable bonds is 2. The third-order valence-electron chi connectivity index (χ3n) is 5.58. The molecule has 0 aliphatic carbocycles. The molecule has 1 fully saturated rings. The lowest BCUT2D eigenvalue weighted by atomic mass is 10.0. The minimum atomic E-state index is -0.225. The molecule has 4 heterocycles. The number of pyridine rings is 2. The lowest BCUT2D eigenvalue weighted by Crippen LogP contribution is -2.49. The van der Waals surface area contributed by atoms with Crippen LogP contribution in [0.5, 0.6) is 0 Å². The second-order valence-corrected chi connectivity index (χ2v) is 8.15. The SMILES string of the molecule is Cc1cnc2c(=O)c3c(Cl)cccc3oc2c1-c1ccc(N2CCN[C@@H](C)C2)nc1. The highest BCUT2D eigenvalue weighted by Gasteiger charge is 2.19. The van der Waals surface area contributed by atoms with E-state index in [9.17, 15) is 4.79 Å². The molecule has 152 valence electrons. The van der Waals surface area contributed by atoms with Crippen LogP contribution in [0.15, 0.2) is 51.9 Å². The van der Waals surface area contributed by atoms with Crippen LogP contribution in [0.25, 0.3) is 33.2 Å². The van der Waals surface area contributed by atoms with Crippen LogP contribution < -0.4 is 15.6 Å². The van der Waals surface area contributed by atoms with Crippen LogP contribution >= 0.6 is 11.6 Å². The first kappa shape index (κ1) is 19.0. The normalized spacial score (nSPS) is 17.0. The van der Waals surface area contributed by atoms with Gasteiger partial charge in [0.15, 0.2) is 11.1 Å². The number of fused-ring (bicyclic) bond motifs is 2. The molecular formula is C23H21ClN4O2. The van der Waals surface area contributed by atoms with E-state index < -0.39 is 0 Å². The highest BCUT2D eigenvalue weighted by atomic mass is 35.5. The van der Waals surface area contributed by atoms with Crippen molar-refractivity contribution in [3.8, 4) is 11.1 Å². The molecule has 0 saturated carbocycles. The van der Waals surface area contributed by atoms with Gasteiger partial charge in [0.2, 0.25) is 5.43 Å². The largest absolute Gasteiger partial charge is 0.453 e. The highest BCUT2D eigenvalue weighted by Crippen LogP contribution is 2.33. The van der Waals surface area contributed by atoms with Gasteiger partial charge in [0.1, 0.15) is 11.4 Å². The molecule has 5 rings (SSSR count). The second kappa shape index (κ2) is 7.38. The summed E-state index contributed by atoms with van der Waals surface area (Å²) in [6.07, 6.45) is 3.54. The summed E-state index contributed by atoms with van der Waals surface area (Å²) in [6, 6.07) is 9.69. The Balaban J connectivity index is 1.66. The number of aryl methyl sites for hydroxylation is 1. The van der Waals surface area contributed by atoms with Gasteiger partial charge in [-0.3, -0.25) is 4.79 Å². The number of anilines is 1. The quantitative estimate of drug-likeness (QED) is 0.491. The first-order chi connectivity index (χ1) is 14.5. The number of piperazine rings is 1. The second-order valence-electron chi connectivity index (χ2n) is 7.74. The maximum absolute atomic E-state index is 13.1. The molecule has 3 aromatic heterocycles. The van der Waals surface area contributed by atoms with Crippen molar-refractivity contribution in [2.75, 3.05) is 24.5 Å². The Morgan fingerprint density at radius 1 is 1.20 bits per heavy atom. The van der Waals surface area contributed by atoms with Crippen molar-refractivity contribution in [2.24, 2.45) is 0 Å². The third kappa shape index (κ3) is 3.13. The van der Waals surface area contributed by atoms with Crippen molar-refractivity contribution in [1.82, 2.24) is 15.3 Å². The Labute approximate surface area is 178 Å². The summed E-state index contributed by atoms with van der Waals surface area (Å²) in [5, 5.41) is 4.16. The van der Waals surface area contributed by atoms with Gasteiger partial charge in [0, 0.05) is 49.2 Å². The van der Waals surface area contributed by atoms with Crippen molar-refractivity contribution in [2.45, 2.75) is 19.9 Å². The van der Waals surface area contributed by atoms with Crippen molar-refractivity contribution in [3.05, 3.63) is 63.5 Å². The zero-order valence-electron chi connectivity index (χ0n) is 16.8. The van der Waals surface area contributed by atoms with Crippen LogP contribution in [-0.2, 0) is 0 Å². The van der Waals surface area contributed by atoms with E-state index in [0.717, 1.165) is 42.1 Å². The summed E-state index contributed by atoms with van der Waals surface area (Å²) in [5.41, 5.74) is 3.59. The summed E-state index contributed by atoms with van der Waals surface area (Å²) in [7, 11) is 0. The van der Waals surface area contributed by atoms with Gasteiger partial charge in [-0.1, -0.05) is 17.7 Å². The van der Waals surface area contributed by atoms with Gasteiger partial charge in [-0.2, -0.15) is 0 Å². The van der Waals surface area contributed by atoms with Gasteiger partial charge in [0.25, 0.3) is 0 Å².